The molecule has 0 aliphatic carbocycles. The van der Waals surface area contributed by atoms with Gasteiger partial charge >= 0.3 is 5.97 Å². The molecule has 6 heteroatoms. The lowest BCUT2D eigenvalue weighted by Gasteiger charge is -2.12. The summed E-state index contributed by atoms with van der Waals surface area (Å²) in [6.45, 7) is 3.64. The van der Waals surface area contributed by atoms with Crippen molar-refractivity contribution < 1.29 is 23.4 Å². The summed E-state index contributed by atoms with van der Waals surface area (Å²) >= 11 is 0. The highest BCUT2D eigenvalue weighted by molar-refractivity contribution is 5.79. The summed E-state index contributed by atoms with van der Waals surface area (Å²) in [4.78, 5) is 24.1. The van der Waals surface area contributed by atoms with Gasteiger partial charge in [-0.05, 0) is 43.2 Å². The van der Waals surface area contributed by atoms with Gasteiger partial charge in [0.2, 0.25) is 11.2 Å². The predicted octanol–water partition coefficient (Wildman–Crippen LogP) is 4.09. The maximum Gasteiger partial charge on any atom is 0.346 e. The molecule has 0 amide bonds. The van der Waals surface area contributed by atoms with Gasteiger partial charge in [-0.3, -0.25) is 4.79 Å². The Bertz CT molecular complexity index is 1000. The van der Waals surface area contributed by atoms with Gasteiger partial charge in [0.1, 0.15) is 23.3 Å². The van der Waals surface area contributed by atoms with Crippen LogP contribution in [-0.4, -0.2) is 19.2 Å². The molecule has 0 bridgehead atoms. The van der Waals surface area contributed by atoms with Crippen LogP contribution in [0.15, 0.2) is 57.9 Å². The fraction of sp³-hybridized carbons (Fsp3) is 0.238. The van der Waals surface area contributed by atoms with E-state index in [1.54, 1.807) is 25.1 Å². The number of fused-ring (bicyclic) bond motifs is 1. The second-order valence-corrected chi connectivity index (χ2v) is 5.97. The highest BCUT2D eigenvalue weighted by atomic mass is 16.6. The first kappa shape index (κ1) is 18.5. The van der Waals surface area contributed by atoms with Crippen LogP contribution in [0.1, 0.15) is 19.4 Å². The fourth-order valence-corrected chi connectivity index (χ4v) is 2.57. The number of rotatable bonds is 6. The summed E-state index contributed by atoms with van der Waals surface area (Å²) in [5, 5.41) is 0.357. The van der Waals surface area contributed by atoms with Crippen molar-refractivity contribution >= 4 is 16.9 Å². The predicted molar refractivity (Wildman–Crippen MR) is 100 cm³/mol. The van der Waals surface area contributed by atoms with Gasteiger partial charge in [0.05, 0.1) is 12.5 Å². The van der Waals surface area contributed by atoms with Gasteiger partial charge in [-0.2, -0.15) is 0 Å². The molecule has 6 nitrogen and oxygen atoms in total. The summed E-state index contributed by atoms with van der Waals surface area (Å²) in [6.07, 6.45) is 1.43. The van der Waals surface area contributed by atoms with Gasteiger partial charge in [-0.15, -0.1) is 0 Å². The molecule has 0 aliphatic heterocycles. The van der Waals surface area contributed by atoms with Gasteiger partial charge in [0.25, 0.3) is 0 Å². The Morgan fingerprint density at radius 1 is 1.11 bits per heavy atom. The van der Waals surface area contributed by atoms with E-state index in [1.807, 2.05) is 24.3 Å². The number of benzene rings is 2. The van der Waals surface area contributed by atoms with E-state index in [1.165, 1.54) is 18.9 Å². The van der Waals surface area contributed by atoms with Gasteiger partial charge in [0.15, 0.2) is 6.10 Å². The Labute approximate surface area is 156 Å². The van der Waals surface area contributed by atoms with Crippen LogP contribution < -0.4 is 14.9 Å². The Morgan fingerprint density at radius 3 is 2.48 bits per heavy atom. The molecule has 0 spiro atoms. The van der Waals surface area contributed by atoms with E-state index in [9.17, 15) is 9.59 Å². The number of aryl methyl sites for hydroxylation is 1. The molecule has 1 heterocycles. The minimum Gasteiger partial charge on any atom is -0.479 e. The summed E-state index contributed by atoms with van der Waals surface area (Å²) in [7, 11) is 1.29. The lowest BCUT2D eigenvalue weighted by Crippen LogP contribution is -2.24. The van der Waals surface area contributed by atoms with Gasteiger partial charge in [-0.1, -0.05) is 19.1 Å². The summed E-state index contributed by atoms with van der Waals surface area (Å²) in [5.41, 5.74) is 1.23. The zero-order chi connectivity index (χ0) is 19.4. The van der Waals surface area contributed by atoms with E-state index in [4.69, 9.17) is 13.9 Å². The summed E-state index contributed by atoms with van der Waals surface area (Å²) < 4.78 is 21.3. The van der Waals surface area contributed by atoms with E-state index < -0.39 is 12.1 Å². The highest BCUT2D eigenvalue weighted by Crippen LogP contribution is 2.25. The third kappa shape index (κ3) is 4.11. The standard InChI is InChI=1S/C21H20O6/c1-4-14-5-7-15(8-6-14)27-19-12-25-18-11-16(9-10-17(18)20(19)22)26-13(2)21(23)24-3/h5-13H,4H2,1-3H3. The molecule has 3 rings (SSSR count). The fourth-order valence-electron chi connectivity index (χ4n) is 2.57. The second-order valence-electron chi connectivity index (χ2n) is 5.97. The molecule has 1 unspecified atom stereocenters. The number of hydrogen-bond acceptors (Lipinski definition) is 6. The average molecular weight is 368 g/mol. The SMILES string of the molecule is CCc1ccc(Oc2coc3cc(OC(C)C(=O)OC)ccc3c2=O)cc1. The van der Waals surface area contributed by atoms with Crippen LogP contribution in [0.4, 0.5) is 0 Å². The maximum absolute atomic E-state index is 12.6. The van der Waals surface area contributed by atoms with E-state index in [0.29, 0.717) is 22.5 Å². The van der Waals surface area contributed by atoms with Gasteiger partial charge < -0.3 is 18.6 Å². The molecule has 0 fully saturated rings. The zero-order valence-electron chi connectivity index (χ0n) is 15.4. The minimum atomic E-state index is -0.770. The van der Waals surface area contributed by atoms with Crippen molar-refractivity contribution in [3.8, 4) is 17.2 Å². The van der Waals surface area contributed by atoms with Crippen molar-refractivity contribution in [1.82, 2.24) is 0 Å². The zero-order valence-corrected chi connectivity index (χ0v) is 15.4. The first-order valence-electron chi connectivity index (χ1n) is 8.58. The molecule has 140 valence electrons. The summed E-state index contributed by atoms with van der Waals surface area (Å²) in [5.74, 6) is 0.566. The van der Waals surface area contributed by atoms with Gasteiger partial charge in [0, 0.05) is 6.07 Å². The molecule has 0 radical (unpaired) electrons. The maximum atomic E-state index is 12.6. The van der Waals surface area contributed by atoms with Crippen molar-refractivity contribution in [2.75, 3.05) is 7.11 Å². The molecule has 3 aromatic rings. The normalized spacial score (nSPS) is 11.8. The van der Waals surface area contributed by atoms with Crippen LogP contribution >= 0.6 is 0 Å². The largest absolute Gasteiger partial charge is 0.479 e. The quantitative estimate of drug-likeness (QED) is 0.610. The highest BCUT2D eigenvalue weighted by Gasteiger charge is 2.16. The van der Waals surface area contributed by atoms with Crippen LogP contribution in [0.5, 0.6) is 17.2 Å². The second kappa shape index (κ2) is 7.95. The number of carbonyl (C=O) groups excluding carboxylic acids is 1. The van der Waals surface area contributed by atoms with Crippen LogP contribution in [0.25, 0.3) is 11.0 Å². The first-order chi connectivity index (χ1) is 13.0. The lowest BCUT2D eigenvalue weighted by molar-refractivity contribution is -0.147. The topological polar surface area (TPSA) is 75.0 Å². The molecule has 0 aliphatic rings. The molecule has 1 atom stereocenters. The third-order valence-corrected chi connectivity index (χ3v) is 4.12. The number of methoxy groups -OCH3 is 1. The first-order valence-corrected chi connectivity index (χ1v) is 8.58. The Hall–Kier alpha value is -3.28. The third-order valence-electron chi connectivity index (χ3n) is 4.12. The molecule has 0 N–H and O–H groups in total. The molecule has 27 heavy (non-hydrogen) atoms. The van der Waals surface area contributed by atoms with E-state index >= 15 is 0 Å². The smallest absolute Gasteiger partial charge is 0.346 e. The number of esters is 1. The van der Waals surface area contributed by atoms with Crippen LogP contribution in [0, 0.1) is 0 Å². The van der Waals surface area contributed by atoms with Crippen molar-refractivity contribution in [2.45, 2.75) is 26.4 Å². The molecular formula is C21H20O6. The van der Waals surface area contributed by atoms with Crippen molar-refractivity contribution in [1.29, 1.82) is 0 Å². The Kier molecular flexibility index (Phi) is 5.45. The van der Waals surface area contributed by atoms with Crippen LogP contribution in [0.2, 0.25) is 0 Å². The van der Waals surface area contributed by atoms with Crippen LogP contribution in [-0.2, 0) is 16.0 Å². The van der Waals surface area contributed by atoms with E-state index in [-0.39, 0.29) is 11.2 Å². The van der Waals surface area contributed by atoms with Crippen LogP contribution in [0.3, 0.4) is 0 Å². The van der Waals surface area contributed by atoms with E-state index in [0.717, 1.165) is 6.42 Å². The summed E-state index contributed by atoms with van der Waals surface area (Å²) in [6, 6.07) is 12.2. The lowest BCUT2D eigenvalue weighted by atomic mass is 10.2. The van der Waals surface area contributed by atoms with Gasteiger partial charge in [-0.25, -0.2) is 4.79 Å². The number of ether oxygens (including phenoxy) is 3. The Balaban J connectivity index is 1.85. The molecule has 0 saturated heterocycles. The van der Waals surface area contributed by atoms with Crippen molar-refractivity contribution in [2.24, 2.45) is 0 Å². The molecule has 0 saturated carbocycles. The molecular weight excluding hydrogens is 348 g/mol. The van der Waals surface area contributed by atoms with E-state index in [2.05, 4.69) is 11.7 Å². The molecule has 1 aromatic heterocycles. The minimum absolute atomic E-state index is 0.100. The average Bonchev–Trinajstić information content (AvgIpc) is 2.70. The number of hydrogen-bond donors (Lipinski definition) is 0. The monoisotopic (exact) mass is 368 g/mol. The van der Waals surface area contributed by atoms with Crippen molar-refractivity contribution in [3.63, 3.8) is 0 Å². The number of carbonyl (C=O) groups is 1. The molecule has 2 aromatic carbocycles. The Morgan fingerprint density at radius 2 is 1.81 bits per heavy atom. The van der Waals surface area contributed by atoms with Crippen molar-refractivity contribution in [3.05, 3.63) is 64.5 Å².